The number of nitrogens with zero attached hydrogens (tertiary/aromatic N) is 4. The van der Waals surface area contributed by atoms with Crippen molar-refractivity contribution >= 4 is 55.9 Å². The van der Waals surface area contributed by atoms with Crippen LogP contribution in [0, 0.1) is 12.7 Å². The van der Waals surface area contributed by atoms with Crippen LogP contribution in [-0.4, -0.2) is 37.1 Å². The average Bonchev–Trinajstić information content (AvgIpc) is 3.47. The molecule has 10 nitrogen and oxygen atoms in total. The number of hydrogen-bond acceptors (Lipinski definition) is 7. The summed E-state index contributed by atoms with van der Waals surface area (Å²) in [5.41, 5.74) is 0.960. The third-order valence-electron chi connectivity index (χ3n) is 6.74. The van der Waals surface area contributed by atoms with Crippen LogP contribution >= 0.6 is 11.3 Å². The number of benzene rings is 2. The first-order valence-corrected chi connectivity index (χ1v) is 12.9. The summed E-state index contributed by atoms with van der Waals surface area (Å²) in [7, 11) is 1.73. The number of aromatic nitrogens is 4. The van der Waals surface area contributed by atoms with Crippen LogP contribution in [0.4, 0.5) is 10.1 Å². The molecule has 1 aliphatic heterocycles. The van der Waals surface area contributed by atoms with Crippen LogP contribution in [0.2, 0.25) is 0 Å². The number of thiophene rings is 1. The van der Waals surface area contributed by atoms with Crippen molar-refractivity contribution < 1.29 is 18.8 Å². The Morgan fingerprint density at radius 3 is 2.69 bits per heavy atom. The minimum atomic E-state index is -0.846. The summed E-state index contributed by atoms with van der Waals surface area (Å²) in [6.45, 7) is 1.60. The van der Waals surface area contributed by atoms with Gasteiger partial charge in [-0.3, -0.25) is 33.7 Å². The number of piperidine rings is 1. The van der Waals surface area contributed by atoms with Gasteiger partial charge in [-0.25, -0.2) is 9.37 Å². The monoisotopic (exact) mass is 544 g/mol. The van der Waals surface area contributed by atoms with E-state index in [0.717, 1.165) is 0 Å². The number of para-hydroxylation sites is 1. The number of carbonyl (C=O) groups excluding carboxylic acids is 3. The largest absolute Gasteiger partial charge is 0.319 e. The number of aryl methyl sites for hydroxylation is 2. The molecular formula is C27H21FN6O4S. The van der Waals surface area contributed by atoms with Crippen LogP contribution in [0.25, 0.3) is 32.4 Å². The zero-order valence-corrected chi connectivity index (χ0v) is 21.6. The molecule has 1 unspecified atom stereocenters. The first-order chi connectivity index (χ1) is 18.7. The minimum Gasteiger partial charge on any atom is -0.319 e. The molecule has 2 N–H and O–H groups in total. The van der Waals surface area contributed by atoms with Crippen LogP contribution in [-0.2, 0) is 16.6 Å². The van der Waals surface area contributed by atoms with Gasteiger partial charge >= 0.3 is 0 Å². The smallest absolute Gasteiger partial charge is 0.265 e. The van der Waals surface area contributed by atoms with Crippen LogP contribution < -0.4 is 16.2 Å². The zero-order valence-electron chi connectivity index (χ0n) is 20.8. The van der Waals surface area contributed by atoms with Crippen molar-refractivity contribution in [3.05, 3.63) is 75.4 Å². The van der Waals surface area contributed by atoms with E-state index in [-0.39, 0.29) is 35.5 Å². The SMILES string of the molecule is Cc1nc2c(NC(=O)c3cc4c(-c5ccccc5F)nn(C)c4s3)cccc2c(=O)n1C1CCC(=O)NC1=O. The summed E-state index contributed by atoms with van der Waals surface area (Å²) in [5.74, 6) is -1.46. The standard InChI is InChI=1S/C27H21FN6O4S/c1-13-29-23-15(26(38)34(13)19-10-11-21(35)31-24(19)36)7-5-9-18(23)30-25(37)20-12-16-22(32-33(2)27(16)39-20)14-6-3-4-8-17(14)28/h3-9,12,19H,10-11H2,1-2H3,(H,30,37)(H,31,35,36). The Bertz CT molecular complexity index is 1910. The van der Waals surface area contributed by atoms with E-state index in [9.17, 15) is 23.6 Å². The quantitative estimate of drug-likeness (QED) is 0.332. The Balaban J connectivity index is 1.36. The number of anilines is 1. The molecule has 0 aliphatic carbocycles. The minimum absolute atomic E-state index is 0.125. The van der Waals surface area contributed by atoms with Crippen molar-refractivity contribution in [2.24, 2.45) is 7.05 Å². The first-order valence-electron chi connectivity index (χ1n) is 12.1. The normalized spacial score (nSPS) is 15.6. The second-order valence-corrected chi connectivity index (χ2v) is 10.3. The van der Waals surface area contributed by atoms with Crippen LogP contribution in [0.15, 0.2) is 53.3 Å². The predicted molar refractivity (Wildman–Crippen MR) is 144 cm³/mol. The number of amides is 3. The molecule has 0 spiro atoms. The van der Waals surface area contributed by atoms with Gasteiger partial charge < -0.3 is 5.32 Å². The number of rotatable bonds is 4. The number of fused-ring (bicyclic) bond motifs is 2. The zero-order chi connectivity index (χ0) is 27.4. The van der Waals surface area contributed by atoms with Crippen molar-refractivity contribution in [2.75, 3.05) is 5.32 Å². The Labute approximate surface area is 224 Å². The molecule has 39 heavy (non-hydrogen) atoms. The summed E-state index contributed by atoms with van der Waals surface area (Å²) in [5, 5.41) is 10.4. The van der Waals surface area contributed by atoms with Crippen molar-refractivity contribution in [1.29, 1.82) is 0 Å². The van der Waals surface area contributed by atoms with Crippen molar-refractivity contribution in [3.8, 4) is 11.3 Å². The lowest BCUT2D eigenvalue weighted by Gasteiger charge is -2.24. The lowest BCUT2D eigenvalue weighted by Crippen LogP contribution is -2.45. The van der Waals surface area contributed by atoms with Gasteiger partial charge in [0, 0.05) is 24.4 Å². The molecule has 196 valence electrons. The van der Waals surface area contributed by atoms with E-state index in [1.165, 1.54) is 22.0 Å². The predicted octanol–water partition coefficient (Wildman–Crippen LogP) is 3.69. The number of nitrogens with one attached hydrogen (secondary N) is 2. The Kier molecular flexibility index (Phi) is 5.83. The number of carbonyl (C=O) groups is 3. The van der Waals surface area contributed by atoms with E-state index in [0.29, 0.717) is 32.0 Å². The molecule has 12 heteroatoms. The van der Waals surface area contributed by atoms with Gasteiger partial charge in [-0.1, -0.05) is 18.2 Å². The second kappa shape index (κ2) is 9.24. The molecule has 0 radical (unpaired) electrons. The van der Waals surface area contributed by atoms with E-state index in [2.05, 4.69) is 20.7 Å². The molecule has 1 aliphatic rings. The number of hydrogen-bond donors (Lipinski definition) is 2. The molecule has 0 bridgehead atoms. The highest BCUT2D eigenvalue weighted by atomic mass is 32.1. The summed E-state index contributed by atoms with van der Waals surface area (Å²) in [6, 6.07) is 12.0. The maximum atomic E-state index is 14.5. The van der Waals surface area contributed by atoms with E-state index >= 15 is 0 Å². The highest BCUT2D eigenvalue weighted by Crippen LogP contribution is 2.35. The third-order valence-corrected chi connectivity index (χ3v) is 7.94. The molecule has 3 amide bonds. The van der Waals surface area contributed by atoms with E-state index < -0.39 is 29.2 Å². The van der Waals surface area contributed by atoms with Gasteiger partial charge in [0.1, 0.15) is 33.7 Å². The summed E-state index contributed by atoms with van der Waals surface area (Å²) >= 11 is 1.21. The van der Waals surface area contributed by atoms with Crippen LogP contribution in [0.1, 0.15) is 34.4 Å². The highest BCUT2D eigenvalue weighted by molar-refractivity contribution is 7.20. The molecule has 2 aromatic carbocycles. The molecule has 6 rings (SSSR count). The van der Waals surface area contributed by atoms with Gasteiger partial charge in [-0.15, -0.1) is 11.3 Å². The third kappa shape index (κ3) is 4.09. The fourth-order valence-corrected chi connectivity index (χ4v) is 5.88. The van der Waals surface area contributed by atoms with Gasteiger partial charge in [0.05, 0.1) is 16.0 Å². The Hall–Kier alpha value is -4.71. The van der Waals surface area contributed by atoms with Gasteiger partial charge in [-0.2, -0.15) is 5.10 Å². The van der Waals surface area contributed by atoms with Gasteiger partial charge in [0.2, 0.25) is 11.8 Å². The van der Waals surface area contributed by atoms with Crippen LogP contribution in [0.3, 0.4) is 0 Å². The summed E-state index contributed by atoms with van der Waals surface area (Å²) in [4.78, 5) is 56.3. The molecule has 4 heterocycles. The summed E-state index contributed by atoms with van der Waals surface area (Å²) in [6.07, 6.45) is 0.324. The second-order valence-electron chi connectivity index (χ2n) is 9.24. The maximum Gasteiger partial charge on any atom is 0.265 e. The lowest BCUT2D eigenvalue weighted by molar-refractivity contribution is -0.135. The van der Waals surface area contributed by atoms with E-state index in [1.807, 2.05) is 0 Å². The molecule has 5 aromatic rings. The molecule has 1 fully saturated rings. The molecular weight excluding hydrogens is 523 g/mol. The summed E-state index contributed by atoms with van der Waals surface area (Å²) < 4.78 is 17.4. The van der Waals surface area contributed by atoms with Gasteiger partial charge in [0.25, 0.3) is 11.5 Å². The topological polar surface area (TPSA) is 128 Å². The van der Waals surface area contributed by atoms with Gasteiger partial charge in [0.15, 0.2) is 0 Å². The average molecular weight is 545 g/mol. The maximum absolute atomic E-state index is 14.5. The number of halogens is 1. The Morgan fingerprint density at radius 2 is 1.92 bits per heavy atom. The highest BCUT2D eigenvalue weighted by Gasteiger charge is 2.31. The Morgan fingerprint density at radius 1 is 1.13 bits per heavy atom. The molecule has 0 saturated carbocycles. The first kappa shape index (κ1) is 24.6. The molecule has 3 aromatic heterocycles. The van der Waals surface area contributed by atoms with Crippen LogP contribution in [0.5, 0.6) is 0 Å². The van der Waals surface area contributed by atoms with Crippen molar-refractivity contribution in [3.63, 3.8) is 0 Å². The molecule has 1 atom stereocenters. The fourth-order valence-electron chi connectivity index (χ4n) is 4.91. The number of imide groups is 1. The van der Waals surface area contributed by atoms with Gasteiger partial charge in [-0.05, 0) is 43.7 Å². The fraction of sp³-hybridized carbons (Fsp3) is 0.185. The lowest BCUT2D eigenvalue weighted by atomic mass is 10.1. The van der Waals surface area contributed by atoms with E-state index in [4.69, 9.17) is 0 Å². The van der Waals surface area contributed by atoms with Crippen molar-refractivity contribution in [1.82, 2.24) is 24.6 Å². The van der Waals surface area contributed by atoms with E-state index in [1.54, 1.807) is 61.1 Å². The molecule has 1 saturated heterocycles. The van der Waals surface area contributed by atoms with Crippen molar-refractivity contribution in [2.45, 2.75) is 25.8 Å².